The van der Waals surface area contributed by atoms with Crippen molar-refractivity contribution in [2.75, 3.05) is 11.4 Å². The van der Waals surface area contributed by atoms with Crippen LogP contribution >= 0.6 is 11.6 Å². The normalized spacial score (nSPS) is 26.3. The highest BCUT2D eigenvalue weighted by molar-refractivity contribution is 6.30. The topological polar surface area (TPSA) is 127 Å². The number of hydrogen-bond acceptors (Lipinski definition) is 9. The summed E-state index contributed by atoms with van der Waals surface area (Å²) in [5, 5.41) is 14.4. The van der Waals surface area contributed by atoms with E-state index in [4.69, 9.17) is 21.4 Å². The SMILES string of the molecule is Cc1cc(C#N)nc2ncn(Cc3nc([C@@]45C6[C@H]4[C@H]5CN6c4cc(Cl)ccn4)no3)c(=O)c12. The van der Waals surface area contributed by atoms with Crippen molar-refractivity contribution in [2.45, 2.75) is 24.9 Å². The van der Waals surface area contributed by atoms with Crippen LogP contribution in [0.15, 0.2) is 40.0 Å². The van der Waals surface area contributed by atoms with Crippen molar-refractivity contribution in [1.29, 1.82) is 5.26 Å². The van der Waals surface area contributed by atoms with Gasteiger partial charge in [0.15, 0.2) is 11.5 Å². The lowest BCUT2D eigenvalue weighted by atomic mass is 10.1. The molecule has 4 aromatic rings. The molecule has 0 radical (unpaired) electrons. The number of nitrogens with zero attached hydrogens (tertiary/aromatic N) is 8. The fourth-order valence-electron chi connectivity index (χ4n) is 5.67. The molecule has 11 heteroatoms. The smallest absolute Gasteiger partial charge is 0.263 e. The molecule has 2 bridgehead atoms. The molecule has 0 N–H and O–H groups in total. The third-order valence-electron chi connectivity index (χ3n) is 7.21. The lowest BCUT2D eigenvalue weighted by molar-refractivity contribution is 0.362. The summed E-state index contributed by atoms with van der Waals surface area (Å²) in [4.78, 5) is 32.8. The van der Waals surface area contributed by atoms with Gasteiger partial charge in [0.2, 0.25) is 5.89 Å². The molecule has 4 aromatic heterocycles. The highest BCUT2D eigenvalue weighted by Gasteiger charge is 2.95. The van der Waals surface area contributed by atoms with Crippen molar-refractivity contribution in [2.24, 2.45) is 11.8 Å². The minimum absolute atomic E-state index is 0.0768. The number of anilines is 1. The first kappa shape index (κ1) is 18.7. The second-order valence-corrected chi connectivity index (χ2v) is 9.26. The number of piperidine rings is 1. The summed E-state index contributed by atoms with van der Waals surface area (Å²) in [7, 11) is 0. The average molecular weight is 459 g/mol. The highest BCUT2D eigenvalue weighted by atomic mass is 35.5. The summed E-state index contributed by atoms with van der Waals surface area (Å²) >= 11 is 6.14. The van der Waals surface area contributed by atoms with Gasteiger partial charge in [0.25, 0.3) is 5.56 Å². The zero-order chi connectivity index (χ0) is 22.5. The van der Waals surface area contributed by atoms with Crippen LogP contribution in [0, 0.1) is 30.1 Å². The van der Waals surface area contributed by atoms with Crippen molar-refractivity contribution in [1.82, 2.24) is 29.7 Å². The van der Waals surface area contributed by atoms with Crippen LogP contribution in [0.5, 0.6) is 0 Å². The summed E-state index contributed by atoms with van der Waals surface area (Å²) < 4.78 is 6.94. The zero-order valence-corrected chi connectivity index (χ0v) is 18.1. The number of halogens is 1. The van der Waals surface area contributed by atoms with Crippen molar-refractivity contribution < 1.29 is 4.52 Å². The Balaban J connectivity index is 1.16. The van der Waals surface area contributed by atoms with E-state index < -0.39 is 0 Å². The molecule has 2 aliphatic carbocycles. The molecule has 0 aromatic carbocycles. The molecular formula is C22H15ClN8O2. The second kappa shape index (κ2) is 6.14. The molecule has 6 heterocycles. The van der Waals surface area contributed by atoms with Crippen molar-refractivity contribution in [3.05, 3.63) is 69.1 Å². The maximum atomic E-state index is 13.0. The number of fused-ring (bicyclic) bond motifs is 2. The van der Waals surface area contributed by atoms with Gasteiger partial charge >= 0.3 is 0 Å². The van der Waals surface area contributed by atoms with Gasteiger partial charge in [0.05, 0.1) is 10.8 Å². The quantitative estimate of drug-likeness (QED) is 0.450. The Morgan fingerprint density at radius 2 is 2.21 bits per heavy atom. The monoisotopic (exact) mass is 458 g/mol. The van der Waals surface area contributed by atoms with Crippen molar-refractivity contribution in [3.63, 3.8) is 0 Å². The molecule has 1 unspecified atom stereocenters. The standard InChI is InChI=1S/C22H15ClN8O2/c1-10-4-12(6-24)27-19-16(10)20(32)30(9-26-19)8-15-28-21(29-33-15)22-13-7-31(18(22)17(13)22)14-5-11(23)2-3-25-14/h2-5,9,13,17-18H,7-8H2,1H3/t13-,17-,18?,22-/m1/s1. The number of aromatic nitrogens is 6. The van der Waals surface area contributed by atoms with Crippen LogP contribution in [-0.4, -0.2) is 42.2 Å². The summed E-state index contributed by atoms with van der Waals surface area (Å²) in [6.07, 6.45) is 3.11. The Kier molecular flexibility index (Phi) is 3.48. The molecule has 4 atom stereocenters. The lowest BCUT2D eigenvalue weighted by Gasteiger charge is -2.17. The van der Waals surface area contributed by atoms with E-state index >= 15 is 0 Å². The van der Waals surface area contributed by atoms with E-state index in [0.717, 1.165) is 12.4 Å². The van der Waals surface area contributed by atoms with Crippen LogP contribution in [0.25, 0.3) is 11.0 Å². The maximum Gasteiger partial charge on any atom is 0.263 e. The van der Waals surface area contributed by atoms with Crippen LogP contribution in [-0.2, 0) is 12.0 Å². The van der Waals surface area contributed by atoms with Crippen LogP contribution in [0.3, 0.4) is 0 Å². The fourth-order valence-corrected chi connectivity index (χ4v) is 5.82. The molecule has 33 heavy (non-hydrogen) atoms. The van der Waals surface area contributed by atoms with Gasteiger partial charge in [0, 0.05) is 29.7 Å². The fraction of sp³-hybridized carbons (Fsp3) is 0.318. The van der Waals surface area contributed by atoms with E-state index in [1.807, 2.05) is 12.1 Å². The zero-order valence-electron chi connectivity index (χ0n) is 17.3. The summed E-state index contributed by atoms with van der Waals surface area (Å²) in [6.45, 7) is 2.78. The third kappa shape index (κ3) is 2.37. The Labute approximate surface area is 191 Å². The van der Waals surface area contributed by atoms with E-state index in [1.165, 1.54) is 10.9 Å². The first-order valence-corrected chi connectivity index (χ1v) is 10.9. The molecule has 2 aliphatic heterocycles. The number of aryl methyl sites for hydroxylation is 1. The number of pyridine rings is 2. The molecule has 162 valence electrons. The molecule has 8 rings (SSSR count). The van der Waals surface area contributed by atoms with E-state index in [0.29, 0.717) is 45.6 Å². The van der Waals surface area contributed by atoms with Crippen LogP contribution < -0.4 is 10.5 Å². The van der Waals surface area contributed by atoms with Gasteiger partial charge in [-0.2, -0.15) is 10.2 Å². The van der Waals surface area contributed by atoms with E-state index in [2.05, 4.69) is 30.0 Å². The van der Waals surface area contributed by atoms with Gasteiger partial charge in [-0.3, -0.25) is 9.36 Å². The van der Waals surface area contributed by atoms with Crippen molar-refractivity contribution in [3.8, 4) is 6.07 Å². The van der Waals surface area contributed by atoms with E-state index in [1.54, 1.807) is 25.3 Å². The predicted molar refractivity (Wildman–Crippen MR) is 116 cm³/mol. The van der Waals surface area contributed by atoms with Gasteiger partial charge in [-0.05, 0) is 36.6 Å². The third-order valence-corrected chi connectivity index (χ3v) is 7.44. The van der Waals surface area contributed by atoms with E-state index in [-0.39, 0.29) is 28.9 Å². The first-order chi connectivity index (χ1) is 16.0. The largest absolute Gasteiger partial charge is 0.352 e. The number of rotatable bonds is 4. The van der Waals surface area contributed by atoms with Gasteiger partial charge in [-0.25, -0.2) is 15.0 Å². The number of nitriles is 1. The molecule has 0 amide bonds. The maximum absolute atomic E-state index is 13.0. The molecule has 2 saturated carbocycles. The van der Waals surface area contributed by atoms with Crippen LogP contribution in [0.1, 0.15) is 23.0 Å². The Morgan fingerprint density at radius 1 is 1.33 bits per heavy atom. The summed E-state index contributed by atoms with van der Waals surface area (Å²) in [5.74, 6) is 2.92. The minimum atomic E-state index is -0.263. The van der Waals surface area contributed by atoms with Gasteiger partial charge in [-0.1, -0.05) is 16.8 Å². The van der Waals surface area contributed by atoms with Crippen molar-refractivity contribution >= 4 is 28.5 Å². The average Bonchev–Trinajstić information content (AvgIpc) is 3.36. The molecule has 4 fully saturated rings. The summed E-state index contributed by atoms with van der Waals surface area (Å²) in [6, 6.07) is 7.52. The first-order valence-electron chi connectivity index (χ1n) is 10.5. The molecule has 0 spiro atoms. The molecular weight excluding hydrogens is 444 g/mol. The van der Waals surface area contributed by atoms with Gasteiger partial charge in [0.1, 0.15) is 30.5 Å². The summed E-state index contributed by atoms with van der Waals surface area (Å²) in [5.41, 5.74) is 0.792. The van der Waals surface area contributed by atoms with E-state index in [9.17, 15) is 4.79 Å². The van der Waals surface area contributed by atoms with Crippen LogP contribution in [0.4, 0.5) is 5.82 Å². The van der Waals surface area contributed by atoms with Gasteiger partial charge < -0.3 is 9.42 Å². The lowest BCUT2D eigenvalue weighted by Crippen LogP contribution is -2.24. The molecule has 4 aliphatic rings. The Bertz CT molecular complexity index is 1580. The predicted octanol–water partition coefficient (Wildman–Crippen LogP) is 1.84. The molecule has 10 nitrogen and oxygen atoms in total. The minimum Gasteiger partial charge on any atom is -0.352 e. The molecule has 2 saturated heterocycles. The highest BCUT2D eigenvalue weighted by Crippen LogP contribution is 2.85. The van der Waals surface area contributed by atoms with Gasteiger partial charge in [-0.15, -0.1) is 0 Å². The Morgan fingerprint density at radius 3 is 3.00 bits per heavy atom. The van der Waals surface area contributed by atoms with Crippen LogP contribution in [0.2, 0.25) is 5.02 Å². The Hall–Kier alpha value is -3.84. The second-order valence-electron chi connectivity index (χ2n) is 8.82. The number of hydrogen-bond donors (Lipinski definition) is 0.